The fourth-order valence-electron chi connectivity index (χ4n) is 3.68. The molecular weight excluding hydrogens is 266 g/mol. The number of esters is 1. The fraction of sp³-hybridized carbons (Fsp3) is 0.882. The van der Waals surface area contributed by atoms with Crippen molar-refractivity contribution in [2.45, 2.75) is 77.9 Å². The van der Waals surface area contributed by atoms with E-state index < -0.39 is 6.04 Å². The van der Waals surface area contributed by atoms with Gasteiger partial charge in [0.1, 0.15) is 12.1 Å². The maximum Gasteiger partial charge on any atom is 0.329 e. The van der Waals surface area contributed by atoms with Gasteiger partial charge in [0.05, 0.1) is 0 Å². The topological polar surface area (TPSA) is 46.6 Å². The summed E-state index contributed by atoms with van der Waals surface area (Å²) in [5, 5.41) is 0. The second-order valence-electron chi connectivity index (χ2n) is 6.92. The second kappa shape index (κ2) is 7.28. The normalized spacial score (nSPS) is 23.4. The highest BCUT2D eigenvalue weighted by atomic mass is 16.5. The standard InChI is InChI=1S/C17H29NO3/c1-12(2)16(18-11-7-10-15(18)19)17(20)21-13(3)14-8-5-4-6-9-14/h12-14,16H,4-11H2,1-3H3. The predicted molar refractivity (Wildman–Crippen MR) is 81.7 cm³/mol. The molecule has 0 aromatic carbocycles. The maximum absolute atomic E-state index is 12.6. The Morgan fingerprint density at radius 1 is 1.14 bits per heavy atom. The van der Waals surface area contributed by atoms with E-state index in [0.717, 1.165) is 19.3 Å². The van der Waals surface area contributed by atoms with Gasteiger partial charge in [-0.3, -0.25) is 4.79 Å². The molecule has 1 aliphatic heterocycles. The van der Waals surface area contributed by atoms with Gasteiger partial charge in [0.15, 0.2) is 0 Å². The highest BCUT2D eigenvalue weighted by molar-refractivity contribution is 5.86. The Hall–Kier alpha value is -1.06. The highest BCUT2D eigenvalue weighted by Gasteiger charge is 2.37. The van der Waals surface area contributed by atoms with Crippen LogP contribution in [0.15, 0.2) is 0 Å². The smallest absolute Gasteiger partial charge is 0.329 e. The van der Waals surface area contributed by atoms with Crippen LogP contribution in [0.5, 0.6) is 0 Å². The Morgan fingerprint density at radius 3 is 2.33 bits per heavy atom. The van der Waals surface area contributed by atoms with Crippen LogP contribution in [0.4, 0.5) is 0 Å². The summed E-state index contributed by atoms with van der Waals surface area (Å²) in [6.45, 7) is 6.68. The third kappa shape index (κ3) is 3.98. The molecule has 1 saturated heterocycles. The zero-order valence-electron chi connectivity index (χ0n) is 13.6. The van der Waals surface area contributed by atoms with Crippen molar-refractivity contribution in [2.24, 2.45) is 11.8 Å². The lowest BCUT2D eigenvalue weighted by atomic mass is 9.86. The van der Waals surface area contributed by atoms with Crippen LogP contribution in [0.25, 0.3) is 0 Å². The van der Waals surface area contributed by atoms with Crippen LogP contribution in [0.1, 0.15) is 65.7 Å². The molecule has 1 amide bonds. The van der Waals surface area contributed by atoms with Crippen LogP contribution in [0.2, 0.25) is 0 Å². The molecule has 1 aliphatic carbocycles. The average Bonchev–Trinajstić information content (AvgIpc) is 2.85. The monoisotopic (exact) mass is 295 g/mol. The molecule has 2 fully saturated rings. The van der Waals surface area contributed by atoms with E-state index in [9.17, 15) is 9.59 Å². The van der Waals surface area contributed by atoms with Gasteiger partial charge in [0.25, 0.3) is 0 Å². The minimum Gasteiger partial charge on any atom is -0.461 e. The molecule has 120 valence electrons. The first-order valence-electron chi connectivity index (χ1n) is 8.50. The Balaban J connectivity index is 1.96. The minimum absolute atomic E-state index is 0.0308. The van der Waals surface area contributed by atoms with Crippen molar-refractivity contribution < 1.29 is 14.3 Å². The molecular formula is C17H29NO3. The van der Waals surface area contributed by atoms with Crippen molar-refractivity contribution in [3.63, 3.8) is 0 Å². The third-order valence-electron chi connectivity index (χ3n) is 4.93. The molecule has 0 spiro atoms. The molecule has 0 radical (unpaired) electrons. The second-order valence-corrected chi connectivity index (χ2v) is 6.92. The molecule has 0 N–H and O–H groups in total. The summed E-state index contributed by atoms with van der Waals surface area (Å²) in [6, 6.07) is -0.411. The van der Waals surface area contributed by atoms with Crippen LogP contribution in [0.3, 0.4) is 0 Å². The van der Waals surface area contributed by atoms with Crippen LogP contribution in [0, 0.1) is 11.8 Å². The van der Waals surface area contributed by atoms with Gasteiger partial charge in [-0.15, -0.1) is 0 Å². The number of carbonyl (C=O) groups excluding carboxylic acids is 2. The first-order chi connectivity index (χ1) is 10.0. The number of nitrogens with zero attached hydrogens (tertiary/aromatic N) is 1. The summed E-state index contributed by atoms with van der Waals surface area (Å²) in [7, 11) is 0. The summed E-state index contributed by atoms with van der Waals surface area (Å²) in [5.41, 5.74) is 0. The van der Waals surface area contributed by atoms with E-state index in [1.54, 1.807) is 4.90 Å². The van der Waals surface area contributed by atoms with Crippen LogP contribution >= 0.6 is 0 Å². The van der Waals surface area contributed by atoms with Gasteiger partial charge in [0, 0.05) is 13.0 Å². The number of carbonyl (C=O) groups is 2. The lowest BCUT2D eigenvalue weighted by Gasteiger charge is -2.33. The maximum atomic E-state index is 12.6. The van der Waals surface area contributed by atoms with Crippen molar-refractivity contribution in [1.29, 1.82) is 0 Å². The molecule has 1 saturated carbocycles. The van der Waals surface area contributed by atoms with E-state index in [4.69, 9.17) is 4.74 Å². The Labute approximate surface area is 128 Å². The Kier molecular flexibility index (Phi) is 5.65. The lowest BCUT2D eigenvalue weighted by molar-refractivity contribution is -0.162. The van der Waals surface area contributed by atoms with Crippen LogP contribution in [-0.4, -0.2) is 35.5 Å². The van der Waals surface area contributed by atoms with E-state index in [2.05, 4.69) is 0 Å². The number of likely N-dealkylation sites (tertiary alicyclic amines) is 1. The lowest BCUT2D eigenvalue weighted by Crippen LogP contribution is -2.47. The van der Waals surface area contributed by atoms with E-state index >= 15 is 0 Å². The van der Waals surface area contributed by atoms with Crippen molar-refractivity contribution >= 4 is 11.9 Å². The van der Waals surface area contributed by atoms with Crippen LogP contribution < -0.4 is 0 Å². The van der Waals surface area contributed by atoms with Gasteiger partial charge in [-0.1, -0.05) is 33.1 Å². The molecule has 21 heavy (non-hydrogen) atoms. The van der Waals surface area contributed by atoms with Gasteiger partial charge in [0.2, 0.25) is 5.91 Å². The van der Waals surface area contributed by atoms with Gasteiger partial charge in [-0.2, -0.15) is 0 Å². The number of ether oxygens (including phenoxy) is 1. The van der Waals surface area contributed by atoms with Gasteiger partial charge >= 0.3 is 5.97 Å². The fourth-order valence-corrected chi connectivity index (χ4v) is 3.68. The number of hydrogen-bond acceptors (Lipinski definition) is 3. The molecule has 2 rings (SSSR count). The molecule has 2 unspecified atom stereocenters. The van der Waals surface area contributed by atoms with Gasteiger partial charge in [-0.05, 0) is 38.0 Å². The first-order valence-corrected chi connectivity index (χ1v) is 8.50. The minimum atomic E-state index is -0.411. The van der Waals surface area contributed by atoms with Gasteiger partial charge < -0.3 is 9.64 Å². The van der Waals surface area contributed by atoms with Crippen molar-refractivity contribution in [1.82, 2.24) is 4.90 Å². The average molecular weight is 295 g/mol. The largest absolute Gasteiger partial charge is 0.461 e. The molecule has 0 aromatic heterocycles. The Bertz CT molecular complexity index is 374. The van der Waals surface area contributed by atoms with E-state index in [0.29, 0.717) is 18.9 Å². The van der Waals surface area contributed by atoms with Crippen molar-refractivity contribution in [3.05, 3.63) is 0 Å². The molecule has 4 nitrogen and oxygen atoms in total. The zero-order chi connectivity index (χ0) is 15.4. The molecule has 4 heteroatoms. The highest BCUT2D eigenvalue weighted by Crippen LogP contribution is 2.29. The summed E-state index contributed by atoms with van der Waals surface area (Å²) >= 11 is 0. The van der Waals surface area contributed by atoms with Crippen molar-refractivity contribution in [3.8, 4) is 0 Å². The third-order valence-corrected chi connectivity index (χ3v) is 4.93. The molecule has 2 atom stereocenters. The number of rotatable bonds is 5. The summed E-state index contributed by atoms with van der Waals surface area (Å²) in [6.07, 6.45) is 7.48. The molecule has 2 aliphatic rings. The van der Waals surface area contributed by atoms with Crippen LogP contribution in [-0.2, 0) is 14.3 Å². The van der Waals surface area contributed by atoms with Crippen molar-refractivity contribution in [2.75, 3.05) is 6.54 Å². The summed E-state index contributed by atoms with van der Waals surface area (Å²) < 4.78 is 5.74. The molecule has 0 bridgehead atoms. The van der Waals surface area contributed by atoms with Gasteiger partial charge in [-0.25, -0.2) is 4.79 Å². The first kappa shape index (κ1) is 16.3. The molecule has 0 aromatic rings. The quantitative estimate of drug-likeness (QED) is 0.732. The van der Waals surface area contributed by atoms with E-state index in [-0.39, 0.29) is 23.9 Å². The SMILES string of the molecule is CC(C)C(C(=O)OC(C)C1CCCCC1)N1CCCC1=O. The molecule has 1 heterocycles. The summed E-state index contributed by atoms with van der Waals surface area (Å²) in [5.74, 6) is 0.470. The zero-order valence-corrected chi connectivity index (χ0v) is 13.6. The number of amides is 1. The Morgan fingerprint density at radius 2 is 1.81 bits per heavy atom. The number of hydrogen-bond donors (Lipinski definition) is 0. The van der Waals surface area contributed by atoms with E-state index in [1.165, 1.54) is 19.3 Å². The predicted octanol–water partition coefficient (Wildman–Crippen LogP) is 3.15. The van der Waals surface area contributed by atoms with E-state index in [1.807, 2.05) is 20.8 Å². The summed E-state index contributed by atoms with van der Waals surface area (Å²) in [4.78, 5) is 26.2.